The highest BCUT2D eigenvalue weighted by atomic mass is 15.3. The quantitative estimate of drug-likeness (QED) is 0.605. The average Bonchev–Trinajstić information content (AvgIpc) is 2.76. The van der Waals surface area contributed by atoms with Gasteiger partial charge in [0, 0.05) is 44.3 Å². The van der Waals surface area contributed by atoms with Crippen LogP contribution < -0.4 is 4.90 Å². The number of anilines is 1. The van der Waals surface area contributed by atoms with Crippen molar-refractivity contribution in [1.29, 1.82) is 0 Å². The van der Waals surface area contributed by atoms with Crippen molar-refractivity contribution < 1.29 is 0 Å². The molecular weight excluding hydrogens is 340 g/mol. The number of nitrogens with zero attached hydrogens (tertiary/aromatic N) is 2. The van der Waals surface area contributed by atoms with Gasteiger partial charge in [0.25, 0.3) is 0 Å². The van der Waals surface area contributed by atoms with E-state index < -0.39 is 0 Å². The minimum Gasteiger partial charge on any atom is -0.369 e. The fourth-order valence-electron chi connectivity index (χ4n) is 4.28. The Labute approximate surface area is 169 Å². The maximum absolute atomic E-state index is 2.63. The van der Waals surface area contributed by atoms with E-state index in [-0.39, 0.29) is 0 Å². The highest BCUT2D eigenvalue weighted by Crippen LogP contribution is 2.28. The van der Waals surface area contributed by atoms with Gasteiger partial charge in [0.15, 0.2) is 0 Å². The smallest absolute Gasteiger partial charge is 0.0399 e. The van der Waals surface area contributed by atoms with E-state index in [0.29, 0.717) is 5.92 Å². The summed E-state index contributed by atoms with van der Waals surface area (Å²) in [5.74, 6) is 0.426. The molecular formula is C26H30N2. The number of benzene rings is 3. The summed E-state index contributed by atoms with van der Waals surface area (Å²) in [6.45, 7) is 9.96. The lowest BCUT2D eigenvalue weighted by Gasteiger charge is -2.38. The second-order valence-electron chi connectivity index (χ2n) is 7.88. The molecule has 0 saturated carbocycles. The third-order valence-electron chi connectivity index (χ3n) is 6.13. The largest absolute Gasteiger partial charge is 0.369 e. The molecule has 1 aliphatic heterocycles. The van der Waals surface area contributed by atoms with Crippen LogP contribution in [0.5, 0.6) is 0 Å². The molecule has 1 fully saturated rings. The van der Waals surface area contributed by atoms with Gasteiger partial charge in [-0.2, -0.15) is 0 Å². The van der Waals surface area contributed by atoms with Gasteiger partial charge in [0.05, 0.1) is 0 Å². The van der Waals surface area contributed by atoms with Crippen molar-refractivity contribution in [2.45, 2.75) is 19.8 Å². The number of hydrogen-bond acceptors (Lipinski definition) is 2. The molecule has 28 heavy (non-hydrogen) atoms. The molecule has 0 N–H and O–H groups in total. The Morgan fingerprint density at radius 2 is 1.25 bits per heavy atom. The van der Waals surface area contributed by atoms with Gasteiger partial charge in [-0.3, -0.25) is 4.90 Å². The summed E-state index contributed by atoms with van der Waals surface area (Å²) < 4.78 is 0. The minimum absolute atomic E-state index is 0.426. The number of rotatable bonds is 5. The fourth-order valence-corrected chi connectivity index (χ4v) is 4.28. The lowest BCUT2D eigenvalue weighted by molar-refractivity contribution is 0.250. The van der Waals surface area contributed by atoms with E-state index in [4.69, 9.17) is 0 Å². The first-order valence-corrected chi connectivity index (χ1v) is 10.4. The van der Waals surface area contributed by atoms with Gasteiger partial charge >= 0.3 is 0 Å². The summed E-state index contributed by atoms with van der Waals surface area (Å²) in [5.41, 5.74) is 7.02. The average molecular weight is 371 g/mol. The molecule has 144 valence electrons. The van der Waals surface area contributed by atoms with Crippen molar-refractivity contribution in [3.8, 4) is 0 Å². The molecule has 1 heterocycles. The van der Waals surface area contributed by atoms with Crippen molar-refractivity contribution in [3.63, 3.8) is 0 Å². The fraction of sp³-hybridized carbons (Fsp3) is 0.308. The lowest BCUT2D eigenvalue weighted by Crippen LogP contribution is -2.47. The van der Waals surface area contributed by atoms with Crippen LogP contribution in [0.4, 0.5) is 5.69 Å². The third-order valence-corrected chi connectivity index (χ3v) is 6.13. The second-order valence-corrected chi connectivity index (χ2v) is 7.88. The van der Waals surface area contributed by atoms with E-state index in [1.807, 2.05) is 0 Å². The first-order valence-electron chi connectivity index (χ1n) is 10.4. The van der Waals surface area contributed by atoms with Crippen LogP contribution in [-0.4, -0.2) is 37.6 Å². The molecule has 0 unspecified atom stereocenters. The Balaban J connectivity index is 1.47. The molecule has 0 aliphatic carbocycles. The predicted octanol–water partition coefficient (Wildman–Crippen LogP) is 5.26. The van der Waals surface area contributed by atoms with Crippen molar-refractivity contribution in [1.82, 2.24) is 4.90 Å². The molecule has 2 heteroatoms. The molecule has 0 spiro atoms. The normalized spacial score (nSPS) is 15.2. The Morgan fingerprint density at radius 1 is 0.679 bits per heavy atom. The molecule has 4 rings (SSSR count). The highest BCUT2D eigenvalue weighted by molar-refractivity contribution is 5.56. The summed E-state index contributed by atoms with van der Waals surface area (Å²) in [7, 11) is 0. The summed E-state index contributed by atoms with van der Waals surface area (Å²) in [4.78, 5) is 5.19. The topological polar surface area (TPSA) is 6.48 Å². The van der Waals surface area contributed by atoms with Crippen molar-refractivity contribution in [3.05, 3.63) is 101 Å². The number of aryl methyl sites for hydroxylation is 1. The molecule has 0 bridgehead atoms. The molecule has 0 radical (unpaired) electrons. The van der Waals surface area contributed by atoms with Gasteiger partial charge in [-0.05, 0) is 42.2 Å². The van der Waals surface area contributed by atoms with Crippen LogP contribution in [0.25, 0.3) is 0 Å². The standard InChI is InChI=1S/C26H30N2/c1-21-10-9-15-26(22(21)2)28-18-16-27(17-19-28)20-25(23-11-5-3-6-12-23)24-13-7-4-8-14-24/h3-15,25H,16-20H2,1-2H3. The Bertz CT molecular complexity index is 841. The van der Waals surface area contributed by atoms with Crippen LogP contribution >= 0.6 is 0 Å². The van der Waals surface area contributed by atoms with Gasteiger partial charge in [-0.25, -0.2) is 0 Å². The lowest BCUT2D eigenvalue weighted by atomic mass is 9.90. The Morgan fingerprint density at radius 3 is 1.82 bits per heavy atom. The van der Waals surface area contributed by atoms with Crippen LogP contribution in [0.15, 0.2) is 78.9 Å². The van der Waals surface area contributed by atoms with E-state index in [1.165, 1.54) is 27.9 Å². The third kappa shape index (κ3) is 4.13. The van der Waals surface area contributed by atoms with Gasteiger partial charge in [0.1, 0.15) is 0 Å². The van der Waals surface area contributed by atoms with Crippen LogP contribution in [-0.2, 0) is 0 Å². The highest BCUT2D eigenvalue weighted by Gasteiger charge is 2.23. The molecule has 1 aliphatic rings. The maximum Gasteiger partial charge on any atom is 0.0399 e. The zero-order chi connectivity index (χ0) is 19.3. The summed E-state index contributed by atoms with van der Waals surface area (Å²) >= 11 is 0. The minimum atomic E-state index is 0.426. The zero-order valence-electron chi connectivity index (χ0n) is 17.0. The summed E-state index contributed by atoms with van der Waals surface area (Å²) in [6.07, 6.45) is 0. The van der Waals surface area contributed by atoms with Crippen LogP contribution in [0.2, 0.25) is 0 Å². The molecule has 1 saturated heterocycles. The van der Waals surface area contributed by atoms with Crippen molar-refractivity contribution >= 4 is 5.69 Å². The van der Waals surface area contributed by atoms with Crippen molar-refractivity contribution in [2.24, 2.45) is 0 Å². The SMILES string of the molecule is Cc1cccc(N2CCN(CC(c3ccccc3)c3ccccc3)CC2)c1C. The van der Waals surface area contributed by atoms with Gasteiger partial charge in [-0.1, -0.05) is 72.8 Å². The molecule has 3 aromatic carbocycles. The van der Waals surface area contributed by atoms with Crippen molar-refractivity contribution in [2.75, 3.05) is 37.6 Å². The van der Waals surface area contributed by atoms with Gasteiger partial charge in [0.2, 0.25) is 0 Å². The van der Waals surface area contributed by atoms with E-state index in [0.717, 1.165) is 32.7 Å². The molecule has 0 aromatic heterocycles. The van der Waals surface area contributed by atoms with E-state index in [1.54, 1.807) is 0 Å². The first kappa shape index (κ1) is 18.8. The summed E-state index contributed by atoms with van der Waals surface area (Å²) in [5, 5.41) is 0. The van der Waals surface area contributed by atoms with E-state index >= 15 is 0 Å². The number of piperazine rings is 1. The van der Waals surface area contributed by atoms with Crippen LogP contribution in [0, 0.1) is 13.8 Å². The number of hydrogen-bond donors (Lipinski definition) is 0. The van der Waals surface area contributed by atoms with E-state index in [2.05, 4.69) is 103 Å². The molecule has 3 aromatic rings. The van der Waals surface area contributed by atoms with Crippen LogP contribution in [0.3, 0.4) is 0 Å². The maximum atomic E-state index is 2.63. The monoisotopic (exact) mass is 370 g/mol. The Kier molecular flexibility index (Phi) is 5.78. The van der Waals surface area contributed by atoms with Gasteiger partial charge < -0.3 is 4.90 Å². The molecule has 2 nitrogen and oxygen atoms in total. The Hall–Kier alpha value is -2.58. The molecule has 0 amide bonds. The second kappa shape index (κ2) is 8.62. The zero-order valence-corrected chi connectivity index (χ0v) is 17.0. The summed E-state index contributed by atoms with van der Waals surface area (Å²) in [6, 6.07) is 28.6. The van der Waals surface area contributed by atoms with Gasteiger partial charge in [-0.15, -0.1) is 0 Å². The molecule has 0 atom stereocenters. The first-order chi connectivity index (χ1) is 13.7. The van der Waals surface area contributed by atoms with E-state index in [9.17, 15) is 0 Å². The van der Waals surface area contributed by atoms with Crippen LogP contribution in [0.1, 0.15) is 28.2 Å². The predicted molar refractivity (Wildman–Crippen MR) is 119 cm³/mol.